The van der Waals surface area contributed by atoms with Crippen molar-refractivity contribution in [3.63, 3.8) is 0 Å². The van der Waals surface area contributed by atoms with Crippen LogP contribution in [0, 0.1) is 0 Å². The van der Waals surface area contributed by atoms with Crippen LogP contribution in [-0.4, -0.2) is 28.5 Å². The first-order valence-electron chi connectivity index (χ1n) is 7.99. The number of thiophene rings is 3. The summed E-state index contributed by atoms with van der Waals surface area (Å²) < 4.78 is 6.46. The average Bonchev–Trinajstić information content (AvgIpc) is 3.25. The van der Waals surface area contributed by atoms with Crippen molar-refractivity contribution in [3.8, 4) is 19.5 Å². The van der Waals surface area contributed by atoms with Gasteiger partial charge in [-0.3, -0.25) is 0 Å². The molecule has 3 aromatic rings. The summed E-state index contributed by atoms with van der Waals surface area (Å²) in [5.74, 6) is 0. The summed E-state index contributed by atoms with van der Waals surface area (Å²) in [5, 5.41) is 22.7. The van der Waals surface area contributed by atoms with E-state index in [1.165, 1.54) is 26.0 Å². The zero-order valence-electron chi connectivity index (χ0n) is 14.6. The van der Waals surface area contributed by atoms with Crippen LogP contribution in [0.3, 0.4) is 0 Å². The highest BCUT2D eigenvalue weighted by Gasteiger charge is 2.39. The second-order valence-electron chi connectivity index (χ2n) is 6.88. The first-order valence-corrected chi connectivity index (χ1v) is 10.5. The number of hydrogen-bond donors (Lipinski definition) is 2. The molecule has 3 nitrogen and oxygen atoms in total. The van der Waals surface area contributed by atoms with Crippen molar-refractivity contribution in [2.45, 2.75) is 38.9 Å². The van der Waals surface area contributed by atoms with E-state index < -0.39 is 18.3 Å². The fourth-order valence-corrected chi connectivity index (χ4v) is 4.98. The first-order chi connectivity index (χ1) is 11.7. The highest BCUT2D eigenvalue weighted by molar-refractivity contribution is 7.29. The highest BCUT2D eigenvalue weighted by atomic mass is 32.1. The van der Waals surface area contributed by atoms with Gasteiger partial charge in [-0.05, 0) is 57.3 Å². The van der Waals surface area contributed by atoms with Gasteiger partial charge in [0.15, 0.2) is 0 Å². The normalized spacial score (nSPS) is 12.6. The summed E-state index contributed by atoms with van der Waals surface area (Å²) in [6, 6.07) is 12.3. The molecule has 25 heavy (non-hydrogen) atoms. The smallest absolute Gasteiger partial charge is 0.423 e. The van der Waals surface area contributed by atoms with Gasteiger partial charge in [0.25, 0.3) is 0 Å². The van der Waals surface area contributed by atoms with Crippen LogP contribution >= 0.6 is 34.0 Å². The molecular weight excluding hydrogens is 371 g/mol. The van der Waals surface area contributed by atoms with Gasteiger partial charge >= 0.3 is 7.12 Å². The van der Waals surface area contributed by atoms with Crippen LogP contribution < -0.4 is 4.78 Å². The van der Waals surface area contributed by atoms with Gasteiger partial charge in [0, 0.05) is 24.3 Å². The van der Waals surface area contributed by atoms with Crippen LogP contribution in [-0.2, 0) is 4.65 Å². The molecule has 0 amide bonds. The molecular formula is C18H21BO3S3. The minimum atomic E-state index is -1.06. The fraction of sp³-hybridized carbons (Fsp3) is 0.333. The lowest BCUT2D eigenvalue weighted by Crippen LogP contribution is -2.52. The van der Waals surface area contributed by atoms with E-state index in [1.807, 2.05) is 12.1 Å². The Morgan fingerprint density at radius 1 is 0.880 bits per heavy atom. The Bertz CT molecular complexity index is 828. The van der Waals surface area contributed by atoms with E-state index in [0.29, 0.717) is 0 Å². The predicted octanol–water partition coefficient (Wildman–Crippen LogP) is 4.46. The maximum Gasteiger partial charge on any atom is 0.502 e. The summed E-state index contributed by atoms with van der Waals surface area (Å²) in [6.45, 7) is 6.91. The van der Waals surface area contributed by atoms with Crippen molar-refractivity contribution < 1.29 is 14.8 Å². The largest absolute Gasteiger partial charge is 0.502 e. The number of aliphatic hydroxyl groups is 1. The van der Waals surface area contributed by atoms with E-state index in [0.717, 1.165) is 9.65 Å². The molecule has 0 aliphatic carbocycles. The quantitative estimate of drug-likeness (QED) is 0.609. The molecule has 0 atom stereocenters. The van der Waals surface area contributed by atoms with E-state index in [9.17, 15) is 10.1 Å². The molecule has 0 aliphatic heterocycles. The Morgan fingerprint density at radius 2 is 1.48 bits per heavy atom. The number of hydrogen-bond acceptors (Lipinski definition) is 6. The Kier molecular flexibility index (Phi) is 5.26. The predicted molar refractivity (Wildman–Crippen MR) is 110 cm³/mol. The van der Waals surface area contributed by atoms with Crippen molar-refractivity contribution in [2.75, 3.05) is 0 Å². The van der Waals surface area contributed by atoms with Crippen LogP contribution in [0.25, 0.3) is 19.5 Å². The lowest BCUT2D eigenvalue weighted by Gasteiger charge is -2.38. The maximum absolute atomic E-state index is 10.4. The van der Waals surface area contributed by atoms with Crippen LogP contribution in [0.5, 0.6) is 0 Å². The molecule has 7 heteroatoms. The number of rotatable bonds is 6. The Hall–Kier alpha value is -0.955. The molecule has 0 radical (unpaired) electrons. The summed E-state index contributed by atoms with van der Waals surface area (Å²) >= 11 is 4.99. The second-order valence-corrected chi connectivity index (χ2v) is 10.0. The molecule has 3 aromatic heterocycles. The molecule has 0 saturated heterocycles. The average molecular weight is 392 g/mol. The highest BCUT2D eigenvalue weighted by Crippen LogP contribution is 2.38. The molecule has 0 bridgehead atoms. The Labute approximate surface area is 160 Å². The van der Waals surface area contributed by atoms with Crippen LogP contribution in [0.2, 0.25) is 0 Å². The van der Waals surface area contributed by atoms with Gasteiger partial charge < -0.3 is 14.8 Å². The molecule has 3 rings (SSSR count). The zero-order chi connectivity index (χ0) is 18.2. The molecule has 132 valence electrons. The van der Waals surface area contributed by atoms with Gasteiger partial charge in [0.1, 0.15) is 0 Å². The Morgan fingerprint density at radius 3 is 2.08 bits per heavy atom. The minimum Gasteiger partial charge on any atom is -0.423 e. The Balaban J connectivity index is 1.76. The van der Waals surface area contributed by atoms with Crippen LogP contribution in [0.4, 0.5) is 0 Å². The molecule has 3 heterocycles. The molecule has 0 unspecified atom stereocenters. The van der Waals surface area contributed by atoms with Gasteiger partial charge in [0.05, 0.1) is 11.2 Å². The molecule has 0 aliphatic rings. The van der Waals surface area contributed by atoms with Crippen molar-refractivity contribution in [1.82, 2.24) is 0 Å². The van der Waals surface area contributed by atoms with E-state index in [1.54, 1.807) is 50.4 Å². The SMILES string of the molecule is CC(C)(O)C(C)(C)OB(O)c1ccc(-c2ccc(-c3cccs3)s2)s1. The van der Waals surface area contributed by atoms with Gasteiger partial charge in [-0.2, -0.15) is 0 Å². The molecule has 2 N–H and O–H groups in total. The third kappa shape index (κ3) is 4.08. The third-order valence-corrected chi connectivity index (χ3v) is 7.83. The summed E-state index contributed by atoms with van der Waals surface area (Å²) in [5.41, 5.74) is -1.93. The fourth-order valence-electron chi connectivity index (χ4n) is 2.12. The van der Waals surface area contributed by atoms with Gasteiger partial charge in [0.2, 0.25) is 0 Å². The first kappa shape index (κ1) is 18.8. The zero-order valence-corrected chi connectivity index (χ0v) is 17.1. The van der Waals surface area contributed by atoms with Crippen LogP contribution in [0.15, 0.2) is 41.8 Å². The van der Waals surface area contributed by atoms with Crippen molar-refractivity contribution >= 4 is 45.9 Å². The van der Waals surface area contributed by atoms with E-state index in [-0.39, 0.29) is 0 Å². The van der Waals surface area contributed by atoms with E-state index >= 15 is 0 Å². The minimum absolute atomic E-state index is 0.735. The summed E-state index contributed by atoms with van der Waals surface area (Å²) in [4.78, 5) is 4.79. The van der Waals surface area contributed by atoms with E-state index in [2.05, 4.69) is 29.6 Å². The molecule has 0 spiro atoms. The van der Waals surface area contributed by atoms with Crippen molar-refractivity contribution in [2.24, 2.45) is 0 Å². The maximum atomic E-state index is 10.4. The lowest BCUT2D eigenvalue weighted by molar-refractivity contribution is -0.0981. The van der Waals surface area contributed by atoms with Crippen LogP contribution in [0.1, 0.15) is 27.7 Å². The van der Waals surface area contributed by atoms with Gasteiger partial charge in [-0.1, -0.05) is 12.1 Å². The molecule has 0 fully saturated rings. The van der Waals surface area contributed by atoms with Gasteiger partial charge in [-0.25, -0.2) is 0 Å². The summed E-state index contributed by atoms with van der Waals surface area (Å²) in [7, 11) is -1.06. The lowest BCUT2D eigenvalue weighted by atomic mass is 9.82. The van der Waals surface area contributed by atoms with E-state index in [4.69, 9.17) is 4.65 Å². The topological polar surface area (TPSA) is 49.7 Å². The van der Waals surface area contributed by atoms with Crippen molar-refractivity contribution in [3.05, 3.63) is 41.8 Å². The van der Waals surface area contributed by atoms with Gasteiger partial charge in [-0.15, -0.1) is 34.0 Å². The second kappa shape index (κ2) is 6.98. The standard InChI is InChI=1S/C18H21BO3S3/c1-17(2,20)18(3,4)22-19(21)16-10-9-15(25-16)14-8-7-13(24-14)12-6-5-11-23-12/h5-11,20-21H,1-4H3. The molecule has 0 aromatic carbocycles. The third-order valence-electron chi connectivity index (χ3n) is 4.36. The monoisotopic (exact) mass is 392 g/mol. The molecule has 0 saturated carbocycles. The van der Waals surface area contributed by atoms with Crippen molar-refractivity contribution in [1.29, 1.82) is 0 Å². The summed E-state index contributed by atoms with van der Waals surface area (Å²) in [6.07, 6.45) is 0.